The molecule has 0 bridgehead atoms. The molecule has 0 saturated carbocycles. The molecule has 6 heteroatoms. The molecule has 6 nitrogen and oxygen atoms in total. The summed E-state index contributed by atoms with van der Waals surface area (Å²) in [6.07, 6.45) is 5.62. The van der Waals surface area contributed by atoms with Gasteiger partial charge in [-0.15, -0.1) is 0 Å². The highest BCUT2D eigenvalue weighted by Gasteiger charge is 2.19. The minimum Gasteiger partial charge on any atom is -0.341 e. The highest BCUT2D eigenvalue weighted by Crippen LogP contribution is 2.22. The molecule has 0 atom stereocenters. The number of para-hydroxylation sites is 1. The van der Waals surface area contributed by atoms with Crippen molar-refractivity contribution in [2.75, 3.05) is 23.3 Å². The number of rotatable bonds is 3. The lowest BCUT2D eigenvalue weighted by molar-refractivity contribution is 0.102. The molecular formula is C20H21N5O. The molecule has 132 valence electrons. The number of amides is 1. The fourth-order valence-corrected chi connectivity index (χ4v) is 3.23. The van der Waals surface area contributed by atoms with Crippen LogP contribution >= 0.6 is 0 Å². The summed E-state index contributed by atoms with van der Waals surface area (Å²) >= 11 is 0. The number of nitrogens with zero attached hydrogens (tertiary/aromatic N) is 4. The van der Waals surface area contributed by atoms with Crippen LogP contribution in [0.25, 0.3) is 10.9 Å². The standard InChI is InChI=1S/C20H21N5O/c1-14-8-12-25(13-9-14)20-22-11-7-17(24-20)19(26)23-16-6-2-4-15-5-3-10-21-18(15)16/h2-7,10-11,14H,8-9,12-13H2,1H3,(H,23,26). The average Bonchev–Trinajstić information content (AvgIpc) is 2.69. The lowest BCUT2D eigenvalue weighted by atomic mass is 10.00. The first kappa shape index (κ1) is 16.4. The largest absolute Gasteiger partial charge is 0.341 e. The summed E-state index contributed by atoms with van der Waals surface area (Å²) < 4.78 is 0. The van der Waals surface area contributed by atoms with E-state index in [0.717, 1.165) is 42.8 Å². The first-order valence-corrected chi connectivity index (χ1v) is 8.94. The van der Waals surface area contributed by atoms with Crippen LogP contribution in [-0.2, 0) is 0 Å². The van der Waals surface area contributed by atoms with E-state index in [2.05, 4.69) is 32.1 Å². The van der Waals surface area contributed by atoms with Crippen molar-refractivity contribution < 1.29 is 4.79 Å². The van der Waals surface area contributed by atoms with Gasteiger partial charge in [0.1, 0.15) is 5.69 Å². The van der Waals surface area contributed by atoms with E-state index in [-0.39, 0.29) is 5.91 Å². The van der Waals surface area contributed by atoms with E-state index in [4.69, 9.17) is 0 Å². The molecule has 3 aromatic rings. The molecule has 3 heterocycles. The highest BCUT2D eigenvalue weighted by atomic mass is 16.1. The first-order valence-electron chi connectivity index (χ1n) is 8.94. The number of benzene rings is 1. The highest BCUT2D eigenvalue weighted by molar-refractivity contribution is 6.07. The second-order valence-electron chi connectivity index (χ2n) is 6.75. The van der Waals surface area contributed by atoms with Crippen LogP contribution in [0.15, 0.2) is 48.8 Å². The fraction of sp³-hybridized carbons (Fsp3) is 0.300. The molecule has 0 aliphatic carbocycles. The molecule has 1 aliphatic heterocycles. The van der Waals surface area contributed by atoms with Crippen LogP contribution in [0.2, 0.25) is 0 Å². The molecule has 0 spiro atoms. The third kappa shape index (κ3) is 3.35. The van der Waals surface area contributed by atoms with Crippen LogP contribution in [0, 0.1) is 5.92 Å². The molecule has 0 radical (unpaired) electrons. The fourth-order valence-electron chi connectivity index (χ4n) is 3.23. The Kier molecular flexibility index (Phi) is 4.48. The summed E-state index contributed by atoms with van der Waals surface area (Å²) in [6, 6.07) is 11.2. The molecule has 1 aromatic carbocycles. The SMILES string of the molecule is CC1CCN(c2nccc(C(=O)Nc3cccc4cccnc34)n2)CC1. The Labute approximate surface area is 152 Å². The number of aromatic nitrogens is 3. The van der Waals surface area contributed by atoms with Crippen molar-refractivity contribution in [3.8, 4) is 0 Å². The van der Waals surface area contributed by atoms with E-state index >= 15 is 0 Å². The van der Waals surface area contributed by atoms with Gasteiger partial charge in [0.05, 0.1) is 11.2 Å². The number of fused-ring (bicyclic) bond motifs is 1. The molecule has 2 aromatic heterocycles. The van der Waals surface area contributed by atoms with Crippen LogP contribution in [0.4, 0.5) is 11.6 Å². The molecule has 1 fully saturated rings. The number of piperidine rings is 1. The second kappa shape index (κ2) is 7.07. The van der Waals surface area contributed by atoms with Crippen molar-refractivity contribution in [3.05, 3.63) is 54.5 Å². The number of hydrogen-bond donors (Lipinski definition) is 1. The molecule has 26 heavy (non-hydrogen) atoms. The molecule has 1 amide bonds. The third-order valence-corrected chi connectivity index (χ3v) is 4.82. The Morgan fingerprint density at radius 1 is 1.08 bits per heavy atom. The summed E-state index contributed by atoms with van der Waals surface area (Å²) in [5.41, 5.74) is 1.81. The smallest absolute Gasteiger partial charge is 0.274 e. The number of carbonyl (C=O) groups excluding carboxylic acids is 1. The van der Waals surface area contributed by atoms with Gasteiger partial charge in [0, 0.05) is 30.9 Å². The van der Waals surface area contributed by atoms with Gasteiger partial charge in [0.2, 0.25) is 5.95 Å². The Morgan fingerprint density at radius 3 is 2.73 bits per heavy atom. The Morgan fingerprint density at radius 2 is 1.88 bits per heavy atom. The number of carbonyl (C=O) groups is 1. The van der Waals surface area contributed by atoms with E-state index < -0.39 is 0 Å². The van der Waals surface area contributed by atoms with E-state index in [0.29, 0.717) is 17.3 Å². The van der Waals surface area contributed by atoms with Crippen molar-refractivity contribution in [2.45, 2.75) is 19.8 Å². The monoisotopic (exact) mass is 347 g/mol. The van der Waals surface area contributed by atoms with Gasteiger partial charge in [-0.05, 0) is 37.0 Å². The topological polar surface area (TPSA) is 71.0 Å². The van der Waals surface area contributed by atoms with Gasteiger partial charge < -0.3 is 10.2 Å². The molecule has 1 aliphatic rings. The predicted octanol–water partition coefficient (Wildman–Crippen LogP) is 3.51. The summed E-state index contributed by atoms with van der Waals surface area (Å²) in [5, 5.41) is 3.91. The normalized spacial score (nSPS) is 15.2. The lowest BCUT2D eigenvalue weighted by Crippen LogP contribution is -2.34. The van der Waals surface area contributed by atoms with Gasteiger partial charge in [0.25, 0.3) is 5.91 Å². The van der Waals surface area contributed by atoms with E-state index in [1.165, 1.54) is 0 Å². The van der Waals surface area contributed by atoms with Crippen molar-refractivity contribution in [1.29, 1.82) is 0 Å². The lowest BCUT2D eigenvalue weighted by Gasteiger charge is -2.30. The first-order chi connectivity index (χ1) is 12.7. The van der Waals surface area contributed by atoms with Crippen molar-refractivity contribution in [1.82, 2.24) is 15.0 Å². The number of nitrogens with one attached hydrogen (secondary N) is 1. The zero-order valence-electron chi connectivity index (χ0n) is 14.7. The van der Waals surface area contributed by atoms with Crippen LogP contribution in [0.5, 0.6) is 0 Å². The van der Waals surface area contributed by atoms with E-state index in [1.807, 2.05) is 30.3 Å². The molecule has 1 saturated heterocycles. The molecule has 4 rings (SSSR count). The maximum atomic E-state index is 12.7. The summed E-state index contributed by atoms with van der Waals surface area (Å²) in [6.45, 7) is 4.12. The Hall–Kier alpha value is -3.02. The summed E-state index contributed by atoms with van der Waals surface area (Å²) in [4.78, 5) is 28.0. The summed E-state index contributed by atoms with van der Waals surface area (Å²) in [5.74, 6) is 1.11. The summed E-state index contributed by atoms with van der Waals surface area (Å²) in [7, 11) is 0. The molecule has 0 unspecified atom stereocenters. The minimum absolute atomic E-state index is 0.253. The number of pyridine rings is 1. The van der Waals surface area contributed by atoms with Crippen LogP contribution in [-0.4, -0.2) is 33.9 Å². The second-order valence-corrected chi connectivity index (χ2v) is 6.75. The average molecular weight is 347 g/mol. The van der Waals surface area contributed by atoms with Gasteiger partial charge in [-0.3, -0.25) is 9.78 Å². The van der Waals surface area contributed by atoms with Gasteiger partial charge in [0.15, 0.2) is 0 Å². The zero-order valence-corrected chi connectivity index (χ0v) is 14.7. The zero-order chi connectivity index (χ0) is 17.9. The quantitative estimate of drug-likeness (QED) is 0.785. The van der Waals surface area contributed by atoms with Crippen molar-refractivity contribution in [3.63, 3.8) is 0 Å². The number of hydrogen-bond acceptors (Lipinski definition) is 5. The van der Waals surface area contributed by atoms with Crippen LogP contribution in [0.1, 0.15) is 30.3 Å². The molecular weight excluding hydrogens is 326 g/mol. The molecule has 1 N–H and O–H groups in total. The van der Waals surface area contributed by atoms with E-state index in [1.54, 1.807) is 18.5 Å². The van der Waals surface area contributed by atoms with Crippen LogP contribution < -0.4 is 10.2 Å². The van der Waals surface area contributed by atoms with Crippen molar-refractivity contribution >= 4 is 28.4 Å². The minimum atomic E-state index is -0.253. The van der Waals surface area contributed by atoms with Gasteiger partial charge >= 0.3 is 0 Å². The Bertz CT molecular complexity index is 929. The third-order valence-electron chi connectivity index (χ3n) is 4.82. The van der Waals surface area contributed by atoms with Gasteiger partial charge in [-0.1, -0.05) is 25.1 Å². The maximum absolute atomic E-state index is 12.7. The van der Waals surface area contributed by atoms with Gasteiger partial charge in [-0.25, -0.2) is 9.97 Å². The Balaban J connectivity index is 1.56. The van der Waals surface area contributed by atoms with Crippen molar-refractivity contribution in [2.24, 2.45) is 5.92 Å². The maximum Gasteiger partial charge on any atom is 0.274 e. The predicted molar refractivity (Wildman–Crippen MR) is 102 cm³/mol. The van der Waals surface area contributed by atoms with Gasteiger partial charge in [-0.2, -0.15) is 0 Å². The van der Waals surface area contributed by atoms with E-state index in [9.17, 15) is 4.79 Å². The van der Waals surface area contributed by atoms with Crippen LogP contribution in [0.3, 0.4) is 0 Å². The number of anilines is 2.